The summed E-state index contributed by atoms with van der Waals surface area (Å²) >= 11 is 0. The maximum Gasteiger partial charge on any atom is 0.351 e. The van der Waals surface area contributed by atoms with Gasteiger partial charge in [0.15, 0.2) is 6.23 Å². The molecule has 0 bridgehead atoms. The van der Waals surface area contributed by atoms with Crippen LogP contribution in [0.1, 0.15) is 148 Å². The molecule has 1 aliphatic rings. The van der Waals surface area contributed by atoms with Gasteiger partial charge in [-0.05, 0) is 12.5 Å². The van der Waals surface area contributed by atoms with Crippen molar-refractivity contribution in [3.63, 3.8) is 0 Å². The van der Waals surface area contributed by atoms with E-state index in [0.717, 1.165) is 17.4 Å². The normalized spacial score (nSPS) is 23.0. The first-order chi connectivity index (χ1) is 18.9. The minimum absolute atomic E-state index is 0.0751. The summed E-state index contributed by atoms with van der Waals surface area (Å²) in [6.45, 7) is 1.83. The van der Waals surface area contributed by atoms with Gasteiger partial charge in [0.05, 0.1) is 6.61 Å². The topological polar surface area (TPSA) is 131 Å². The number of anilines is 1. The minimum Gasteiger partial charge on any atom is -0.394 e. The Bertz CT molecular complexity index is 820. The standard InChI is InChI=1S/C31H57N3O5/c1-2-3-4-5-6-7-8-9-10-11-12-13-14-15-16-17-18-19-20-21-23-31(38)28(36)26(25-35)39-29(31)34-24-22-27(32)33-30(34)37/h22,24,26,28-29,35-36,38H,2-21,23,25H2,1H3,(H2,32,33,37)/t26-,28-,29-,31-/m1/s1. The Labute approximate surface area is 236 Å². The molecule has 1 aromatic rings. The molecular weight excluding hydrogens is 494 g/mol. The van der Waals surface area contributed by atoms with Crippen molar-refractivity contribution in [1.82, 2.24) is 9.55 Å². The number of aliphatic hydroxyl groups excluding tert-OH is 2. The second-order valence-corrected chi connectivity index (χ2v) is 11.7. The Balaban J connectivity index is 1.49. The first-order valence-corrected chi connectivity index (χ1v) is 16.0. The number of nitrogens with two attached hydrogens (primary N) is 1. The van der Waals surface area contributed by atoms with Crippen LogP contribution in [-0.4, -0.2) is 49.3 Å². The first kappa shape index (κ1) is 33.7. The summed E-state index contributed by atoms with van der Waals surface area (Å²) in [7, 11) is 0. The second-order valence-electron chi connectivity index (χ2n) is 11.7. The molecule has 1 saturated heterocycles. The number of aromatic nitrogens is 2. The SMILES string of the molecule is CCCCCCCCCCCCCCCCCCCCCC[C@@]1(O)[C@H](O)[C@@H](CO)O[C@H]1n1ccc(N)nc1=O. The summed E-state index contributed by atoms with van der Waals surface area (Å²) in [4.78, 5) is 16.0. The molecule has 0 aromatic carbocycles. The molecular formula is C31H57N3O5. The van der Waals surface area contributed by atoms with Crippen LogP contribution >= 0.6 is 0 Å². The van der Waals surface area contributed by atoms with Gasteiger partial charge in [0.1, 0.15) is 23.6 Å². The number of aliphatic hydroxyl groups is 3. The van der Waals surface area contributed by atoms with Gasteiger partial charge in [0, 0.05) is 6.20 Å². The van der Waals surface area contributed by atoms with Crippen LogP contribution in [0.2, 0.25) is 0 Å². The van der Waals surface area contributed by atoms with E-state index in [-0.39, 0.29) is 12.2 Å². The molecule has 4 atom stereocenters. The highest BCUT2D eigenvalue weighted by Crippen LogP contribution is 2.41. The van der Waals surface area contributed by atoms with Gasteiger partial charge < -0.3 is 25.8 Å². The van der Waals surface area contributed by atoms with E-state index in [1.54, 1.807) is 0 Å². The van der Waals surface area contributed by atoms with E-state index in [4.69, 9.17) is 10.5 Å². The third-order valence-electron chi connectivity index (χ3n) is 8.31. The fourth-order valence-electron chi connectivity index (χ4n) is 5.81. The quantitative estimate of drug-likeness (QED) is 0.122. The van der Waals surface area contributed by atoms with E-state index in [0.29, 0.717) is 6.42 Å². The van der Waals surface area contributed by atoms with E-state index < -0.39 is 36.3 Å². The summed E-state index contributed by atoms with van der Waals surface area (Å²) in [6.07, 6.45) is 24.1. The van der Waals surface area contributed by atoms with E-state index in [9.17, 15) is 20.1 Å². The number of nitrogen functional groups attached to an aromatic ring is 1. The van der Waals surface area contributed by atoms with Gasteiger partial charge in [0.2, 0.25) is 0 Å². The minimum atomic E-state index is -1.68. The van der Waals surface area contributed by atoms with Crippen molar-refractivity contribution in [2.75, 3.05) is 12.3 Å². The van der Waals surface area contributed by atoms with Gasteiger partial charge in [-0.1, -0.05) is 135 Å². The molecule has 5 N–H and O–H groups in total. The van der Waals surface area contributed by atoms with Gasteiger partial charge in [-0.3, -0.25) is 4.57 Å². The highest BCUT2D eigenvalue weighted by atomic mass is 16.6. The number of nitrogens with zero attached hydrogens (tertiary/aromatic N) is 2. The van der Waals surface area contributed by atoms with Crippen LogP contribution in [0.3, 0.4) is 0 Å². The summed E-state index contributed by atoms with van der Waals surface area (Å²) in [6, 6.07) is 1.45. The summed E-state index contributed by atoms with van der Waals surface area (Å²) in [5, 5.41) is 31.5. The Morgan fingerprint density at radius 3 is 1.69 bits per heavy atom. The summed E-state index contributed by atoms with van der Waals surface area (Å²) < 4.78 is 6.82. The predicted molar refractivity (Wildman–Crippen MR) is 157 cm³/mol. The van der Waals surface area contributed by atoms with Crippen LogP contribution in [-0.2, 0) is 4.74 Å². The molecule has 0 unspecified atom stereocenters. The Hall–Kier alpha value is -1.48. The zero-order valence-corrected chi connectivity index (χ0v) is 24.6. The van der Waals surface area contributed by atoms with Crippen molar-refractivity contribution >= 4 is 5.82 Å². The first-order valence-electron chi connectivity index (χ1n) is 16.0. The van der Waals surface area contributed by atoms with Crippen molar-refractivity contribution < 1.29 is 20.1 Å². The molecule has 2 heterocycles. The molecule has 0 saturated carbocycles. The van der Waals surface area contributed by atoms with E-state index in [2.05, 4.69) is 11.9 Å². The molecule has 1 fully saturated rings. The molecule has 1 aromatic heterocycles. The van der Waals surface area contributed by atoms with E-state index in [1.165, 1.54) is 121 Å². The van der Waals surface area contributed by atoms with Gasteiger partial charge in [-0.2, -0.15) is 4.98 Å². The summed E-state index contributed by atoms with van der Waals surface area (Å²) in [5.74, 6) is 0.0751. The lowest BCUT2D eigenvalue weighted by molar-refractivity contribution is -0.116. The summed E-state index contributed by atoms with van der Waals surface area (Å²) in [5.41, 5.74) is 3.24. The van der Waals surface area contributed by atoms with Crippen molar-refractivity contribution in [1.29, 1.82) is 0 Å². The third kappa shape index (κ3) is 11.9. The zero-order chi connectivity index (χ0) is 28.3. The number of hydrogen-bond acceptors (Lipinski definition) is 7. The number of hydrogen-bond donors (Lipinski definition) is 4. The van der Waals surface area contributed by atoms with Crippen LogP contribution in [0.15, 0.2) is 17.1 Å². The lowest BCUT2D eigenvalue weighted by Crippen LogP contribution is -2.48. The number of ether oxygens (including phenoxy) is 1. The van der Waals surface area contributed by atoms with E-state index >= 15 is 0 Å². The lowest BCUT2D eigenvalue weighted by Gasteiger charge is -2.31. The smallest absolute Gasteiger partial charge is 0.351 e. The molecule has 8 nitrogen and oxygen atoms in total. The molecule has 0 amide bonds. The van der Waals surface area contributed by atoms with Crippen LogP contribution in [0, 0.1) is 0 Å². The third-order valence-corrected chi connectivity index (χ3v) is 8.31. The molecule has 0 spiro atoms. The van der Waals surface area contributed by atoms with Crippen molar-refractivity contribution in [3.05, 3.63) is 22.7 Å². The Kier molecular flexibility index (Phi) is 16.9. The molecule has 0 radical (unpaired) electrons. The predicted octanol–water partition coefficient (Wildman–Crippen LogP) is 6.02. The van der Waals surface area contributed by atoms with Crippen LogP contribution in [0.5, 0.6) is 0 Å². The van der Waals surface area contributed by atoms with Gasteiger partial charge in [-0.15, -0.1) is 0 Å². The maximum absolute atomic E-state index is 12.3. The van der Waals surface area contributed by atoms with Crippen molar-refractivity contribution in [2.45, 2.75) is 166 Å². The monoisotopic (exact) mass is 551 g/mol. The Morgan fingerprint density at radius 1 is 0.846 bits per heavy atom. The highest BCUT2D eigenvalue weighted by molar-refractivity contribution is 5.24. The molecule has 2 rings (SSSR count). The van der Waals surface area contributed by atoms with Crippen LogP contribution in [0.4, 0.5) is 5.82 Å². The van der Waals surface area contributed by atoms with Crippen LogP contribution in [0.25, 0.3) is 0 Å². The highest BCUT2D eigenvalue weighted by Gasteiger charge is 2.55. The average Bonchev–Trinajstić information content (AvgIpc) is 3.17. The zero-order valence-electron chi connectivity index (χ0n) is 24.6. The maximum atomic E-state index is 12.3. The lowest BCUT2D eigenvalue weighted by atomic mass is 9.88. The largest absolute Gasteiger partial charge is 0.394 e. The fourth-order valence-corrected chi connectivity index (χ4v) is 5.81. The number of unbranched alkanes of at least 4 members (excludes halogenated alkanes) is 19. The van der Waals surface area contributed by atoms with Crippen molar-refractivity contribution in [2.24, 2.45) is 0 Å². The van der Waals surface area contributed by atoms with Gasteiger partial charge in [0.25, 0.3) is 0 Å². The fraction of sp³-hybridized carbons (Fsp3) is 0.871. The average molecular weight is 552 g/mol. The van der Waals surface area contributed by atoms with Crippen LogP contribution < -0.4 is 11.4 Å². The molecule has 1 aliphatic heterocycles. The van der Waals surface area contributed by atoms with Gasteiger partial charge in [-0.25, -0.2) is 4.79 Å². The molecule has 0 aliphatic carbocycles. The van der Waals surface area contributed by atoms with Crippen molar-refractivity contribution in [3.8, 4) is 0 Å². The number of rotatable bonds is 23. The molecule has 8 heteroatoms. The Morgan fingerprint density at radius 2 is 1.28 bits per heavy atom. The second kappa shape index (κ2) is 19.6. The molecule has 39 heavy (non-hydrogen) atoms. The van der Waals surface area contributed by atoms with Gasteiger partial charge >= 0.3 is 5.69 Å². The molecule has 226 valence electrons. The van der Waals surface area contributed by atoms with E-state index in [1.807, 2.05) is 0 Å².